The Morgan fingerprint density at radius 3 is 2.55 bits per heavy atom. The fourth-order valence-corrected chi connectivity index (χ4v) is 2.69. The molecule has 0 amide bonds. The zero-order valence-corrected chi connectivity index (χ0v) is 11.4. The van der Waals surface area contributed by atoms with E-state index in [1.807, 2.05) is 25.1 Å². The van der Waals surface area contributed by atoms with Crippen LogP contribution in [0, 0.1) is 13.8 Å². The molecule has 0 unspecified atom stereocenters. The Kier molecular flexibility index (Phi) is 2.21. The lowest BCUT2D eigenvalue weighted by molar-refractivity contribution is 0.889. The molecular formula is C16H14N4. The third-order valence-corrected chi connectivity index (χ3v) is 3.75. The molecule has 4 rings (SSSR count). The molecule has 0 radical (unpaired) electrons. The van der Waals surface area contributed by atoms with Crippen LogP contribution >= 0.6 is 0 Å². The summed E-state index contributed by atoms with van der Waals surface area (Å²) in [6.07, 6.45) is 0. The van der Waals surface area contributed by atoms with Crippen LogP contribution in [0.4, 0.5) is 0 Å². The number of fused-ring (bicyclic) bond motifs is 2. The lowest BCUT2D eigenvalue weighted by Gasteiger charge is -2.04. The standard InChI is InChI=1S/C16H14N4/c1-10-13-8-14-11(2)19-20(12-6-4-3-5-7-12)16(14)9-15(13)18-17-10/h3-9,19H,1-2H3. The Hall–Kier alpha value is -2.62. The maximum Gasteiger partial charge on any atom is 0.0970 e. The first-order valence-corrected chi connectivity index (χ1v) is 6.63. The Balaban J connectivity index is 2.10. The lowest BCUT2D eigenvalue weighted by atomic mass is 10.1. The smallest absolute Gasteiger partial charge is 0.0970 e. The Morgan fingerprint density at radius 1 is 0.950 bits per heavy atom. The highest BCUT2D eigenvalue weighted by Crippen LogP contribution is 2.27. The maximum absolute atomic E-state index is 4.24. The predicted octanol–water partition coefficient (Wildman–Crippen LogP) is 3.52. The van der Waals surface area contributed by atoms with Gasteiger partial charge in [-0.2, -0.15) is 10.2 Å². The van der Waals surface area contributed by atoms with Gasteiger partial charge >= 0.3 is 0 Å². The van der Waals surface area contributed by atoms with E-state index in [4.69, 9.17) is 0 Å². The number of H-pyrrole nitrogens is 1. The zero-order chi connectivity index (χ0) is 13.7. The van der Waals surface area contributed by atoms with Crippen LogP contribution in [0.1, 0.15) is 11.4 Å². The molecule has 0 fully saturated rings. The second kappa shape index (κ2) is 3.93. The Labute approximate surface area is 116 Å². The molecular weight excluding hydrogens is 248 g/mol. The minimum atomic E-state index is 0.943. The summed E-state index contributed by atoms with van der Waals surface area (Å²) in [4.78, 5) is 0. The van der Waals surface area contributed by atoms with Crippen LogP contribution in [-0.4, -0.2) is 20.0 Å². The number of benzene rings is 2. The topological polar surface area (TPSA) is 46.5 Å². The van der Waals surface area contributed by atoms with Gasteiger partial charge in [0, 0.05) is 16.5 Å². The molecule has 2 heterocycles. The lowest BCUT2D eigenvalue weighted by Crippen LogP contribution is -1.95. The van der Waals surface area contributed by atoms with Crippen LogP contribution in [0.25, 0.3) is 27.5 Å². The molecule has 0 saturated heterocycles. The van der Waals surface area contributed by atoms with Crippen molar-refractivity contribution in [1.29, 1.82) is 0 Å². The molecule has 2 aromatic carbocycles. The summed E-state index contributed by atoms with van der Waals surface area (Å²) in [6.45, 7) is 4.08. The molecule has 4 heteroatoms. The molecule has 0 atom stereocenters. The third kappa shape index (κ3) is 1.48. The molecule has 0 spiro atoms. The number of aryl methyl sites for hydroxylation is 2. The average Bonchev–Trinajstić information content (AvgIpc) is 3.00. The van der Waals surface area contributed by atoms with Crippen molar-refractivity contribution in [2.24, 2.45) is 0 Å². The Bertz CT molecular complexity index is 916. The van der Waals surface area contributed by atoms with Gasteiger partial charge < -0.3 is 0 Å². The van der Waals surface area contributed by atoms with Gasteiger partial charge in [0.25, 0.3) is 0 Å². The number of aromatic nitrogens is 4. The number of para-hydroxylation sites is 1. The molecule has 98 valence electrons. The van der Waals surface area contributed by atoms with E-state index in [0.717, 1.165) is 33.5 Å². The summed E-state index contributed by atoms with van der Waals surface area (Å²) >= 11 is 0. The van der Waals surface area contributed by atoms with Crippen molar-refractivity contribution in [3.05, 3.63) is 53.9 Å². The van der Waals surface area contributed by atoms with Crippen molar-refractivity contribution in [1.82, 2.24) is 20.0 Å². The van der Waals surface area contributed by atoms with Crippen molar-refractivity contribution in [3.8, 4) is 5.69 Å². The molecule has 2 aromatic heterocycles. The number of hydrogen-bond donors (Lipinski definition) is 1. The summed E-state index contributed by atoms with van der Waals surface area (Å²) in [6, 6.07) is 14.5. The van der Waals surface area contributed by atoms with E-state index in [1.165, 1.54) is 5.39 Å². The van der Waals surface area contributed by atoms with E-state index in [-0.39, 0.29) is 0 Å². The monoisotopic (exact) mass is 262 g/mol. The summed E-state index contributed by atoms with van der Waals surface area (Å²) in [7, 11) is 0. The van der Waals surface area contributed by atoms with E-state index in [9.17, 15) is 0 Å². The number of rotatable bonds is 1. The van der Waals surface area contributed by atoms with Crippen LogP contribution in [0.2, 0.25) is 0 Å². The number of aromatic amines is 1. The molecule has 0 aliphatic rings. The molecule has 20 heavy (non-hydrogen) atoms. The van der Waals surface area contributed by atoms with E-state index in [0.29, 0.717) is 0 Å². The van der Waals surface area contributed by atoms with Crippen molar-refractivity contribution in [2.75, 3.05) is 0 Å². The van der Waals surface area contributed by atoms with Gasteiger partial charge in [-0.3, -0.25) is 9.78 Å². The van der Waals surface area contributed by atoms with Gasteiger partial charge in [0.15, 0.2) is 0 Å². The first-order valence-electron chi connectivity index (χ1n) is 6.63. The molecule has 4 aromatic rings. The maximum atomic E-state index is 4.24. The first kappa shape index (κ1) is 11.2. The highest BCUT2D eigenvalue weighted by Gasteiger charge is 2.11. The third-order valence-electron chi connectivity index (χ3n) is 3.75. The number of nitrogens with zero attached hydrogens (tertiary/aromatic N) is 3. The van der Waals surface area contributed by atoms with Crippen molar-refractivity contribution < 1.29 is 0 Å². The van der Waals surface area contributed by atoms with E-state index in [2.05, 4.69) is 51.2 Å². The van der Waals surface area contributed by atoms with Gasteiger partial charge in [-0.1, -0.05) is 18.2 Å². The normalized spacial score (nSPS) is 11.5. The minimum Gasteiger partial charge on any atom is -0.298 e. The van der Waals surface area contributed by atoms with Gasteiger partial charge in [0.05, 0.1) is 22.4 Å². The minimum absolute atomic E-state index is 0.943. The van der Waals surface area contributed by atoms with Gasteiger partial charge in [0.1, 0.15) is 0 Å². The molecule has 1 N–H and O–H groups in total. The molecule has 4 nitrogen and oxygen atoms in total. The van der Waals surface area contributed by atoms with Crippen LogP contribution in [0.15, 0.2) is 42.5 Å². The van der Waals surface area contributed by atoms with Crippen molar-refractivity contribution in [2.45, 2.75) is 13.8 Å². The van der Waals surface area contributed by atoms with Gasteiger partial charge in [-0.15, -0.1) is 0 Å². The molecule has 0 bridgehead atoms. The first-order chi connectivity index (χ1) is 9.74. The second-order valence-electron chi connectivity index (χ2n) is 5.08. The SMILES string of the molecule is Cc1nnc2cc3c(cc12)c(C)[nH]n3-c1ccccc1. The molecule has 0 aliphatic carbocycles. The van der Waals surface area contributed by atoms with Crippen LogP contribution in [-0.2, 0) is 0 Å². The summed E-state index contributed by atoms with van der Waals surface area (Å²) in [5.41, 5.74) is 5.31. The summed E-state index contributed by atoms with van der Waals surface area (Å²) in [5.74, 6) is 0. The highest BCUT2D eigenvalue weighted by molar-refractivity contribution is 5.97. The number of hydrogen-bond acceptors (Lipinski definition) is 2. The largest absolute Gasteiger partial charge is 0.298 e. The quantitative estimate of drug-likeness (QED) is 0.570. The number of nitrogens with one attached hydrogen (secondary N) is 1. The van der Waals surface area contributed by atoms with E-state index >= 15 is 0 Å². The molecule has 0 saturated carbocycles. The van der Waals surface area contributed by atoms with Crippen LogP contribution in [0.3, 0.4) is 0 Å². The van der Waals surface area contributed by atoms with E-state index in [1.54, 1.807) is 0 Å². The zero-order valence-electron chi connectivity index (χ0n) is 11.4. The van der Waals surface area contributed by atoms with E-state index < -0.39 is 0 Å². The van der Waals surface area contributed by atoms with Gasteiger partial charge in [-0.05, 0) is 38.1 Å². The highest BCUT2D eigenvalue weighted by atomic mass is 15.3. The van der Waals surface area contributed by atoms with Crippen LogP contribution in [0.5, 0.6) is 0 Å². The predicted molar refractivity (Wildman–Crippen MR) is 80.2 cm³/mol. The summed E-state index contributed by atoms with van der Waals surface area (Å²) < 4.78 is 2.09. The summed E-state index contributed by atoms with van der Waals surface area (Å²) in [5, 5.41) is 14.2. The Morgan fingerprint density at radius 2 is 1.75 bits per heavy atom. The fraction of sp³-hybridized carbons (Fsp3) is 0.125. The van der Waals surface area contributed by atoms with Crippen molar-refractivity contribution >= 4 is 21.8 Å². The van der Waals surface area contributed by atoms with Gasteiger partial charge in [-0.25, -0.2) is 0 Å². The van der Waals surface area contributed by atoms with Crippen LogP contribution < -0.4 is 0 Å². The van der Waals surface area contributed by atoms with Gasteiger partial charge in [0.2, 0.25) is 0 Å². The second-order valence-corrected chi connectivity index (χ2v) is 5.08. The molecule has 0 aliphatic heterocycles. The average molecular weight is 262 g/mol. The van der Waals surface area contributed by atoms with Crippen molar-refractivity contribution in [3.63, 3.8) is 0 Å². The fourth-order valence-electron chi connectivity index (χ4n) is 2.69.